The average Bonchev–Trinajstić information content (AvgIpc) is 3.14. The van der Waals surface area contributed by atoms with Crippen molar-refractivity contribution in [2.75, 3.05) is 5.75 Å². The van der Waals surface area contributed by atoms with Crippen molar-refractivity contribution >= 4 is 28.9 Å². The molecule has 0 amide bonds. The van der Waals surface area contributed by atoms with Crippen molar-refractivity contribution in [3.05, 3.63) is 70.6 Å². The summed E-state index contributed by atoms with van der Waals surface area (Å²) in [6.45, 7) is 1.90. The summed E-state index contributed by atoms with van der Waals surface area (Å²) in [5, 5.41) is 12.0. The van der Waals surface area contributed by atoms with E-state index in [0.29, 0.717) is 16.2 Å². The van der Waals surface area contributed by atoms with Gasteiger partial charge in [0.25, 0.3) is 0 Å². The van der Waals surface area contributed by atoms with Gasteiger partial charge in [0.05, 0.1) is 21.9 Å². The van der Waals surface area contributed by atoms with E-state index >= 15 is 0 Å². The second-order valence-electron chi connectivity index (χ2n) is 5.17. The fourth-order valence-electron chi connectivity index (χ4n) is 2.28. The van der Waals surface area contributed by atoms with Crippen LogP contribution in [0.1, 0.15) is 21.5 Å². The number of aromatic nitrogens is 1. The van der Waals surface area contributed by atoms with E-state index in [9.17, 15) is 10.1 Å². The van der Waals surface area contributed by atoms with Crippen LogP contribution in [0.3, 0.4) is 0 Å². The lowest BCUT2D eigenvalue weighted by molar-refractivity contribution is 0.102. The molecule has 0 aliphatic rings. The molecule has 0 saturated heterocycles. The molecule has 2 aromatic heterocycles. The first-order valence-electron chi connectivity index (χ1n) is 7.35. The van der Waals surface area contributed by atoms with E-state index in [2.05, 4.69) is 11.1 Å². The number of pyridine rings is 1. The molecule has 2 heterocycles. The summed E-state index contributed by atoms with van der Waals surface area (Å²) < 4.78 is 0. The van der Waals surface area contributed by atoms with Crippen molar-refractivity contribution in [2.24, 2.45) is 0 Å². The maximum Gasteiger partial charge on any atom is 0.173 e. The van der Waals surface area contributed by atoms with Crippen molar-refractivity contribution in [1.29, 1.82) is 5.26 Å². The van der Waals surface area contributed by atoms with Crippen LogP contribution in [-0.2, 0) is 0 Å². The number of carbonyl (C=O) groups is 1. The zero-order chi connectivity index (χ0) is 16.9. The van der Waals surface area contributed by atoms with Gasteiger partial charge in [-0.25, -0.2) is 4.98 Å². The van der Waals surface area contributed by atoms with Crippen molar-refractivity contribution in [1.82, 2.24) is 4.98 Å². The number of carbonyl (C=O) groups excluding carboxylic acids is 1. The van der Waals surface area contributed by atoms with Crippen LogP contribution in [0.2, 0.25) is 0 Å². The molecule has 0 N–H and O–H groups in total. The number of benzene rings is 1. The molecule has 5 heteroatoms. The molecule has 1 aromatic carbocycles. The maximum absolute atomic E-state index is 12.3. The third-order valence-corrected chi connectivity index (χ3v) is 5.37. The molecular weight excluding hydrogens is 336 g/mol. The Morgan fingerprint density at radius 3 is 2.71 bits per heavy atom. The molecule has 0 saturated carbocycles. The standard InChI is InChI=1S/C19H14N2OS2/c1-13-10-16(18-8-5-9-23-18)21-19(15(13)11-20)24-12-17(22)14-6-3-2-4-7-14/h2-10H,12H2,1H3. The third-order valence-electron chi connectivity index (χ3n) is 3.50. The summed E-state index contributed by atoms with van der Waals surface area (Å²) >= 11 is 2.93. The zero-order valence-corrected chi connectivity index (χ0v) is 14.7. The Hall–Kier alpha value is -2.42. The van der Waals surface area contributed by atoms with Gasteiger partial charge in [0, 0.05) is 5.56 Å². The van der Waals surface area contributed by atoms with E-state index in [1.54, 1.807) is 23.5 Å². The quantitative estimate of drug-likeness (QED) is 0.482. The number of Topliss-reactive ketones (excluding diaryl/α,β-unsaturated/α-hetero) is 1. The molecule has 3 aromatic rings. The molecule has 0 aliphatic heterocycles. The molecule has 3 nitrogen and oxygen atoms in total. The minimum Gasteiger partial charge on any atom is -0.293 e. The van der Waals surface area contributed by atoms with Crippen LogP contribution >= 0.6 is 23.1 Å². The van der Waals surface area contributed by atoms with E-state index < -0.39 is 0 Å². The lowest BCUT2D eigenvalue weighted by Crippen LogP contribution is -2.03. The van der Waals surface area contributed by atoms with Gasteiger partial charge in [-0.2, -0.15) is 5.26 Å². The Morgan fingerprint density at radius 2 is 2.04 bits per heavy atom. The molecule has 0 bridgehead atoms. The third kappa shape index (κ3) is 3.56. The highest BCUT2D eigenvalue weighted by molar-refractivity contribution is 8.00. The zero-order valence-electron chi connectivity index (χ0n) is 13.0. The number of hydrogen-bond acceptors (Lipinski definition) is 5. The van der Waals surface area contributed by atoms with Gasteiger partial charge in [-0.3, -0.25) is 4.79 Å². The summed E-state index contributed by atoms with van der Waals surface area (Å²) in [6.07, 6.45) is 0. The van der Waals surface area contributed by atoms with Gasteiger partial charge >= 0.3 is 0 Å². The molecular formula is C19H14N2OS2. The van der Waals surface area contributed by atoms with E-state index in [0.717, 1.165) is 16.1 Å². The van der Waals surface area contributed by atoms with E-state index in [1.807, 2.05) is 48.7 Å². The van der Waals surface area contributed by atoms with Crippen LogP contribution in [0.4, 0.5) is 0 Å². The first kappa shape index (κ1) is 16.4. The molecule has 0 atom stereocenters. The second-order valence-corrected chi connectivity index (χ2v) is 7.08. The van der Waals surface area contributed by atoms with Gasteiger partial charge in [0.15, 0.2) is 5.78 Å². The highest BCUT2D eigenvalue weighted by Crippen LogP contribution is 2.30. The number of hydrogen-bond donors (Lipinski definition) is 0. The minimum atomic E-state index is 0.0328. The molecule has 3 rings (SSSR count). The van der Waals surface area contributed by atoms with Gasteiger partial charge in [-0.05, 0) is 30.0 Å². The highest BCUT2D eigenvalue weighted by atomic mass is 32.2. The predicted molar refractivity (Wildman–Crippen MR) is 98.5 cm³/mol. The van der Waals surface area contributed by atoms with Crippen molar-refractivity contribution in [2.45, 2.75) is 11.9 Å². The average molecular weight is 350 g/mol. The fraction of sp³-hybridized carbons (Fsp3) is 0.105. The first-order valence-corrected chi connectivity index (χ1v) is 9.22. The van der Waals surface area contributed by atoms with Gasteiger partial charge in [0.2, 0.25) is 0 Å². The van der Waals surface area contributed by atoms with Crippen molar-refractivity contribution in [3.8, 4) is 16.6 Å². The number of nitriles is 1. The smallest absolute Gasteiger partial charge is 0.173 e. The molecule has 24 heavy (non-hydrogen) atoms. The van der Waals surface area contributed by atoms with Crippen LogP contribution in [0, 0.1) is 18.3 Å². The van der Waals surface area contributed by atoms with Crippen LogP contribution < -0.4 is 0 Å². The van der Waals surface area contributed by atoms with Crippen molar-refractivity contribution < 1.29 is 4.79 Å². The summed E-state index contributed by atoms with van der Waals surface area (Å²) in [5.74, 6) is 0.296. The van der Waals surface area contributed by atoms with Gasteiger partial charge in [0.1, 0.15) is 11.1 Å². The summed E-state index contributed by atoms with van der Waals surface area (Å²) in [4.78, 5) is 18.0. The summed E-state index contributed by atoms with van der Waals surface area (Å²) in [7, 11) is 0. The van der Waals surface area contributed by atoms with Crippen LogP contribution in [0.15, 0.2) is 58.9 Å². The Morgan fingerprint density at radius 1 is 1.25 bits per heavy atom. The number of rotatable bonds is 5. The Bertz CT molecular complexity index is 897. The summed E-state index contributed by atoms with van der Waals surface area (Å²) in [5.41, 5.74) is 2.94. The first-order chi connectivity index (χ1) is 11.7. The SMILES string of the molecule is Cc1cc(-c2cccs2)nc(SCC(=O)c2ccccc2)c1C#N. The van der Waals surface area contributed by atoms with Gasteiger partial charge in [-0.15, -0.1) is 11.3 Å². The summed E-state index contributed by atoms with van der Waals surface area (Å²) in [6, 6.07) is 17.3. The minimum absolute atomic E-state index is 0.0328. The van der Waals surface area contributed by atoms with Crippen LogP contribution in [-0.4, -0.2) is 16.5 Å². The van der Waals surface area contributed by atoms with E-state index in [4.69, 9.17) is 0 Å². The maximum atomic E-state index is 12.3. The Labute approximate surface area is 149 Å². The lowest BCUT2D eigenvalue weighted by atomic mass is 10.1. The fourth-order valence-corrected chi connectivity index (χ4v) is 3.91. The van der Waals surface area contributed by atoms with Crippen LogP contribution in [0.5, 0.6) is 0 Å². The highest BCUT2D eigenvalue weighted by Gasteiger charge is 2.14. The largest absolute Gasteiger partial charge is 0.293 e. The Balaban J connectivity index is 1.87. The van der Waals surface area contributed by atoms with Crippen molar-refractivity contribution in [3.63, 3.8) is 0 Å². The molecule has 0 radical (unpaired) electrons. The van der Waals surface area contributed by atoms with E-state index in [1.165, 1.54) is 11.8 Å². The predicted octanol–water partition coefficient (Wildman–Crippen LogP) is 4.97. The molecule has 118 valence electrons. The number of ketones is 1. The molecule has 0 spiro atoms. The Kier molecular flexibility index (Phi) is 5.09. The molecule has 0 fully saturated rings. The van der Waals surface area contributed by atoms with E-state index in [-0.39, 0.29) is 11.5 Å². The number of nitrogens with zero attached hydrogens (tertiary/aromatic N) is 2. The number of thiophene rings is 1. The monoisotopic (exact) mass is 350 g/mol. The second kappa shape index (κ2) is 7.43. The number of aryl methyl sites for hydroxylation is 1. The van der Waals surface area contributed by atoms with Crippen LogP contribution in [0.25, 0.3) is 10.6 Å². The normalized spacial score (nSPS) is 10.3. The number of thioether (sulfide) groups is 1. The van der Waals surface area contributed by atoms with Gasteiger partial charge < -0.3 is 0 Å². The molecule has 0 aliphatic carbocycles. The lowest BCUT2D eigenvalue weighted by Gasteiger charge is -2.08. The molecule has 0 unspecified atom stereocenters. The van der Waals surface area contributed by atoms with Gasteiger partial charge in [-0.1, -0.05) is 48.2 Å². The topological polar surface area (TPSA) is 53.8 Å².